The molecule has 0 spiro atoms. The molecule has 1 N–H and O–H groups in total. The van der Waals surface area contributed by atoms with Crippen LogP contribution in [-0.2, 0) is 29.0 Å². The molecule has 1 fully saturated rings. The van der Waals surface area contributed by atoms with Crippen molar-refractivity contribution in [1.82, 2.24) is 10.2 Å². The van der Waals surface area contributed by atoms with Gasteiger partial charge in [-0.3, -0.25) is 9.69 Å². The van der Waals surface area contributed by atoms with Gasteiger partial charge in [-0.15, -0.1) is 0 Å². The number of rotatable bonds is 9. The largest absolute Gasteiger partial charge is 0.379 e. The van der Waals surface area contributed by atoms with E-state index in [-0.39, 0.29) is 5.91 Å². The average Bonchev–Trinajstić information content (AvgIpc) is 2.73. The quantitative estimate of drug-likeness (QED) is 0.585. The molecule has 150 valence electrons. The first-order valence-electron chi connectivity index (χ1n) is 10.1. The highest BCUT2D eigenvalue weighted by Gasteiger charge is 2.13. The number of ether oxygens (including phenoxy) is 1. The van der Waals surface area contributed by atoms with E-state index in [4.69, 9.17) is 4.74 Å². The molecule has 1 aliphatic rings. The number of amides is 1. The summed E-state index contributed by atoms with van der Waals surface area (Å²) in [6, 6.07) is 16.8. The Morgan fingerprint density at radius 2 is 1.71 bits per heavy atom. The van der Waals surface area contributed by atoms with E-state index in [1.54, 1.807) is 0 Å². The summed E-state index contributed by atoms with van der Waals surface area (Å²) in [5, 5.41) is 3.09. The van der Waals surface area contributed by atoms with Crippen molar-refractivity contribution in [1.29, 1.82) is 0 Å². The van der Waals surface area contributed by atoms with Crippen LogP contribution in [0, 0.1) is 0 Å². The van der Waals surface area contributed by atoms with Crippen molar-refractivity contribution in [3.05, 3.63) is 69.7 Å². The number of morpholine rings is 1. The first-order valence-corrected chi connectivity index (χ1v) is 10.9. The predicted octanol–water partition coefficient (Wildman–Crippen LogP) is 4.31. The van der Waals surface area contributed by atoms with Gasteiger partial charge in [0.2, 0.25) is 5.91 Å². The highest BCUT2D eigenvalue weighted by atomic mass is 79.9. The Balaban J connectivity index is 1.38. The molecule has 0 aliphatic carbocycles. The van der Waals surface area contributed by atoms with Crippen molar-refractivity contribution >= 4 is 21.8 Å². The molecule has 1 heterocycles. The van der Waals surface area contributed by atoms with Crippen LogP contribution in [0.3, 0.4) is 0 Å². The standard InChI is InChI=1S/C23H29BrN2O2/c24-22-11-9-19(10-12-22)5-1-4-8-23(27)25-17-20-6-2-3-7-21(20)18-26-13-15-28-16-14-26/h2-3,6-7,9-12H,1,4-5,8,13-18H2,(H,25,27). The highest BCUT2D eigenvalue weighted by molar-refractivity contribution is 9.10. The molecule has 0 bridgehead atoms. The molecule has 1 saturated heterocycles. The molecular weight excluding hydrogens is 416 g/mol. The fraction of sp³-hybridized carbons (Fsp3) is 0.435. The summed E-state index contributed by atoms with van der Waals surface area (Å²) >= 11 is 3.45. The molecule has 1 amide bonds. The molecule has 4 nitrogen and oxygen atoms in total. The zero-order valence-electron chi connectivity index (χ0n) is 16.3. The second-order valence-corrected chi connectivity index (χ2v) is 8.18. The van der Waals surface area contributed by atoms with Gasteiger partial charge in [0, 0.05) is 37.1 Å². The molecule has 3 rings (SSSR count). The second kappa shape index (κ2) is 11.3. The molecule has 0 radical (unpaired) electrons. The minimum absolute atomic E-state index is 0.136. The van der Waals surface area contributed by atoms with E-state index in [1.807, 2.05) is 6.07 Å². The molecule has 0 unspecified atom stereocenters. The number of nitrogens with one attached hydrogen (secondary N) is 1. The maximum atomic E-state index is 12.2. The van der Waals surface area contributed by atoms with Crippen LogP contribution in [0.4, 0.5) is 0 Å². The summed E-state index contributed by atoms with van der Waals surface area (Å²) in [6.45, 7) is 5.07. The lowest BCUT2D eigenvalue weighted by Crippen LogP contribution is -2.36. The van der Waals surface area contributed by atoms with Crippen molar-refractivity contribution in [2.75, 3.05) is 26.3 Å². The number of halogens is 1. The van der Waals surface area contributed by atoms with Crippen LogP contribution >= 0.6 is 15.9 Å². The lowest BCUT2D eigenvalue weighted by Gasteiger charge is -2.27. The van der Waals surface area contributed by atoms with E-state index in [9.17, 15) is 4.79 Å². The SMILES string of the molecule is O=C(CCCCc1ccc(Br)cc1)NCc1ccccc1CN1CCOCC1. The number of aryl methyl sites for hydroxylation is 1. The number of nitrogens with zero attached hydrogens (tertiary/aromatic N) is 1. The number of hydrogen-bond donors (Lipinski definition) is 1. The fourth-order valence-electron chi connectivity index (χ4n) is 3.43. The zero-order chi connectivity index (χ0) is 19.6. The average molecular weight is 445 g/mol. The van der Waals surface area contributed by atoms with Crippen LogP contribution in [0.1, 0.15) is 36.0 Å². The maximum absolute atomic E-state index is 12.2. The molecule has 1 aliphatic heterocycles. The summed E-state index contributed by atoms with van der Waals surface area (Å²) < 4.78 is 6.53. The van der Waals surface area contributed by atoms with Gasteiger partial charge in [0.15, 0.2) is 0 Å². The number of hydrogen-bond acceptors (Lipinski definition) is 3. The van der Waals surface area contributed by atoms with Gasteiger partial charge in [-0.2, -0.15) is 0 Å². The molecule has 0 saturated carbocycles. The molecule has 28 heavy (non-hydrogen) atoms. The minimum Gasteiger partial charge on any atom is -0.379 e. The lowest BCUT2D eigenvalue weighted by atomic mass is 10.1. The van der Waals surface area contributed by atoms with Gasteiger partial charge < -0.3 is 10.1 Å². The van der Waals surface area contributed by atoms with Gasteiger partial charge in [-0.25, -0.2) is 0 Å². The Hall–Kier alpha value is -1.69. The zero-order valence-corrected chi connectivity index (χ0v) is 17.9. The summed E-state index contributed by atoms with van der Waals surface area (Å²) in [7, 11) is 0. The van der Waals surface area contributed by atoms with Gasteiger partial charge in [-0.05, 0) is 48.1 Å². The molecule has 2 aromatic carbocycles. The number of unbranched alkanes of at least 4 members (excludes halogenated alkanes) is 1. The third kappa shape index (κ3) is 7.04. The minimum atomic E-state index is 0.136. The number of carbonyl (C=O) groups is 1. The molecule has 2 aromatic rings. The van der Waals surface area contributed by atoms with Crippen LogP contribution in [0.15, 0.2) is 53.0 Å². The normalized spacial score (nSPS) is 14.8. The first kappa shape index (κ1) is 21.0. The molecule has 5 heteroatoms. The van der Waals surface area contributed by atoms with Crippen LogP contribution in [0.25, 0.3) is 0 Å². The number of carbonyl (C=O) groups excluding carboxylic acids is 1. The van der Waals surface area contributed by atoms with E-state index in [1.165, 1.54) is 16.7 Å². The van der Waals surface area contributed by atoms with Crippen LogP contribution in [-0.4, -0.2) is 37.1 Å². The predicted molar refractivity (Wildman–Crippen MR) is 116 cm³/mol. The van der Waals surface area contributed by atoms with Gasteiger partial charge >= 0.3 is 0 Å². The summed E-state index contributed by atoms with van der Waals surface area (Å²) in [4.78, 5) is 14.6. The fourth-order valence-corrected chi connectivity index (χ4v) is 3.70. The third-order valence-corrected chi connectivity index (χ3v) is 5.65. The van der Waals surface area contributed by atoms with Gasteiger partial charge in [-0.1, -0.05) is 52.3 Å². The molecular formula is C23H29BrN2O2. The first-order chi connectivity index (χ1) is 13.7. The van der Waals surface area contributed by atoms with Crippen LogP contribution in [0.2, 0.25) is 0 Å². The highest BCUT2D eigenvalue weighted by Crippen LogP contribution is 2.14. The lowest BCUT2D eigenvalue weighted by molar-refractivity contribution is -0.121. The van der Waals surface area contributed by atoms with Crippen molar-refractivity contribution in [2.24, 2.45) is 0 Å². The Kier molecular flexibility index (Phi) is 8.52. The van der Waals surface area contributed by atoms with Crippen molar-refractivity contribution in [2.45, 2.75) is 38.8 Å². The topological polar surface area (TPSA) is 41.6 Å². The Labute approximate surface area is 176 Å². The van der Waals surface area contributed by atoms with Gasteiger partial charge in [0.05, 0.1) is 13.2 Å². The molecule has 0 aromatic heterocycles. The van der Waals surface area contributed by atoms with E-state index >= 15 is 0 Å². The summed E-state index contributed by atoms with van der Waals surface area (Å²) in [5.74, 6) is 0.136. The third-order valence-electron chi connectivity index (χ3n) is 5.12. The van der Waals surface area contributed by atoms with Crippen LogP contribution < -0.4 is 5.32 Å². The van der Waals surface area contributed by atoms with Gasteiger partial charge in [0.1, 0.15) is 0 Å². The smallest absolute Gasteiger partial charge is 0.220 e. The monoisotopic (exact) mass is 444 g/mol. The van der Waals surface area contributed by atoms with Crippen molar-refractivity contribution < 1.29 is 9.53 Å². The maximum Gasteiger partial charge on any atom is 0.220 e. The van der Waals surface area contributed by atoms with E-state index in [0.29, 0.717) is 13.0 Å². The van der Waals surface area contributed by atoms with Crippen LogP contribution in [0.5, 0.6) is 0 Å². The van der Waals surface area contributed by atoms with Crippen molar-refractivity contribution in [3.63, 3.8) is 0 Å². The van der Waals surface area contributed by atoms with Gasteiger partial charge in [0.25, 0.3) is 0 Å². The Bertz CT molecular complexity index is 743. The molecule has 0 atom stereocenters. The number of benzene rings is 2. The summed E-state index contributed by atoms with van der Waals surface area (Å²) in [6.07, 6.45) is 3.55. The van der Waals surface area contributed by atoms with E-state index < -0.39 is 0 Å². The van der Waals surface area contributed by atoms with E-state index in [0.717, 1.165) is 56.6 Å². The van der Waals surface area contributed by atoms with E-state index in [2.05, 4.69) is 68.6 Å². The Morgan fingerprint density at radius 3 is 2.46 bits per heavy atom. The second-order valence-electron chi connectivity index (χ2n) is 7.27. The van der Waals surface area contributed by atoms with Crippen molar-refractivity contribution in [3.8, 4) is 0 Å². The summed E-state index contributed by atoms with van der Waals surface area (Å²) in [5.41, 5.74) is 3.82. The Morgan fingerprint density at radius 1 is 1.00 bits per heavy atom.